The van der Waals surface area contributed by atoms with E-state index in [0.29, 0.717) is 24.8 Å². The van der Waals surface area contributed by atoms with Gasteiger partial charge in [0.05, 0.1) is 12.1 Å². The number of alkyl halides is 2. The van der Waals surface area contributed by atoms with Gasteiger partial charge in [-0.1, -0.05) is 0 Å². The third-order valence-corrected chi connectivity index (χ3v) is 10.3. The second-order valence-corrected chi connectivity index (χ2v) is 16.6. The monoisotopic (exact) mass is 724 g/mol. The Hall–Kier alpha value is -0.890. The number of hydrogen-bond acceptors (Lipinski definition) is 10. The molecule has 14 nitrogen and oxygen atoms in total. The van der Waals surface area contributed by atoms with Crippen molar-refractivity contribution in [3.63, 3.8) is 0 Å². The van der Waals surface area contributed by atoms with Gasteiger partial charge in [0, 0.05) is 24.8 Å². The van der Waals surface area contributed by atoms with E-state index in [1.54, 1.807) is 14.1 Å². The Labute approximate surface area is 261 Å². The van der Waals surface area contributed by atoms with Crippen LogP contribution in [-0.2, 0) is 26.9 Å². The quantitative estimate of drug-likeness (QED) is 0.0576. The van der Waals surface area contributed by atoms with Gasteiger partial charge in [-0.05, 0) is 85.6 Å². The molecule has 0 fully saturated rings. The standard InChI is InChI=1S/C10H15Cl2N2O5P.C5H11Cl3NOP.C5H5NO4/c1-13(7-3-2-6-11)20(12,17)18-8-9-4-5-10(19-9)14(15)16;1-9(11(7,8)10)5-3-2-4-6;7-3-4-1-2-5(10-4)6(8)9/h4-5H,2-3,6-8H2,1H3;2-5H2,1H3;1-2,7H,3H2. The highest BCUT2D eigenvalue weighted by molar-refractivity contribution is 8.06. The van der Waals surface area contributed by atoms with Crippen LogP contribution in [0.1, 0.15) is 37.2 Å². The van der Waals surface area contributed by atoms with Crippen LogP contribution in [0.5, 0.6) is 0 Å². The van der Waals surface area contributed by atoms with E-state index < -0.39 is 28.6 Å². The van der Waals surface area contributed by atoms with Crippen molar-refractivity contribution in [2.45, 2.75) is 38.9 Å². The van der Waals surface area contributed by atoms with Crippen LogP contribution < -0.4 is 0 Å². The number of unbranched alkanes of at least 4 members (excludes halogenated alkanes) is 2. The van der Waals surface area contributed by atoms with Gasteiger partial charge in [-0.15, -0.1) is 23.2 Å². The molecular weight excluding hydrogens is 695 g/mol. The molecule has 2 aromatic rings. The highest BCUT2D eigenvalue weighted by Crippen LogP contribution is 2.59. The molecule has 0 aliphatic carbocycles. The molecule has 0 spiro atoms. The molecule has 0 aliphatic rings. The number of aliphatic hydroxyl groups excluding tert-OH is 1. The minimum absolute atomic E-state index is 0.187. The summed E-state index contributed by atoms with van der Waals surface area (Å²) in [6.45, 7) is -2.88. The first-order chi connectivity index (χ1) is 19.1. The van der Waals surface area contributed by atoms with Crippen molar-refractivity contribution in [2.24, 2.45) is 0 Å². The van der Waals surface area contributed by atoms with Crippen LogP contribution in [0.15, 0.2) is 33.1 Å². The van der Waals surface area contributed by atoms with Gasteiger partial charge in [-0.25, -0.2) is 9.34 Å². The Morgan fingerprint density at radius 2 is 1.27 bits per heavy atom. The molecule has 0 aromatic carbocycles. The zero-order valence-corrected chi connectivity index (χ0v) is 27.6. The van der Waals surface area contributed by atoms with E-state index in [1.807, 2.05) is 0 Å². The highest BCUT2D eigenvalue weighted by atomic mass is 35.9. The van der Waals surface area contributed by atoms with E-state index >= 15 is 0 Å². The van der Waals surface area contributed by atoms with Crippen molar-refractivity contribution in [1.82, 2.24) is 9.34 Å². The van der Waals surface area contributed by atoms with Crippen molar-refractivity contribution >= 4 is 81.6 Å². The smallest absolute Gasteiger partial charge is 0.403 e. The normalized spacial score (nSPS) is 12.7. The van der Waals surface area contributed by atoms with E-state index in [4.69, 9.17) is 71.0 Å². The molecule has 236 valence electrons. The summed E-state index contributed by atoms with van der Waals surface area (Å²) in [5, 5.41) is 28.8. The number of halogens is 5. The minimum atomic E-state index is -3.47. The summed E-state index contributed by atoms with van der Waals surface area (Å²) in [6, 6.07) is 5.13. The molecule has 1 N–H and O–H groups in total. The van der Waals surface area contributed by atoms with E-state index in [9.17, 15) is 29.4 Å². The van der Waals surface area contributed by atoms with Crippen LogP contribution in [0.25, 0.3) is 0 Å². The van der Waals surface area contributed by atoms with Gasteiger partial charge in [-0.2, -0.15) is 0 Å². The van der Waals surface area contributed by atoms with E-state index in [-0.39, 0.29) is 30.6 Å². The maximum Gasteiger partial charge on any atom is 0.433 e. The summed E-state index contributed by atoms with van der Waals surface area (Å²) in [4.78, 5) is 19.1. The maximum absolute atomic E-state index is 12.1. The first-order valence-electron chi connectivity index (χ1n) is 11.6. The summed E-state index contributed by atoms with van der Waals surface area (Å²) in [6.07, 6.45) is 3.28. The highest BCUT2D eigenvalue weighted by Gasteiger charge is 2.26. The largest absolute Gasteiger partial charge is 0.433 e. The SMILES string of the molecule is CN(CCCCCl)P(=O)(Cl)Cl.CN(CCCCCl)P(=O)(Cl)OCc1ccc([N+](=O)[O-])o1.O=[N+]([O-])c1ccc(CO)o1. The van der Waals surface area contributed by atoms with Gasteiger partial charge >= 0.3 is 24.6 Å². The van der Waals surface area contributed by atoms with Gasteiger partial charge in [0.15, 0.2) is 0 Å². The Morgan fingerprint density at radius 3 is 1.63 bits per heavy atom. The first kappa shape index (κ1) is 40.1. The fourth-order valence-corrected chi connectivity index (χ4v) is 4.88. The van der Waals surface area contributed by atoms with Crippen LogP contribution in [-0.4, -0.2) is 63.2 Å². The number of furan rings is 2. The van der Waals surface area contributed by atoms with Gasteiger partial charge < -0.3 is 13.9 Å². The summed E-state index contributed by atoms with van der Waals surface area (Å²) < 4.78 is 40.4. The number of aliphatic hydroxyl groups is 1. The fourth-order valence-electron chi connectivity index (χ4n) is 2.44. The van der Waals surface area contributed by atoms with Crippen molar-refractivity contribution in [3.8, 4) is 0 Å². The molecule has 0 bridgehead atoms. The van der Waals surface area contributed by atoms with Crippen molar-refractivity contribution in [1.29, 1.82) is 0 Å². The molecule has 0 radical (unpaired) electrons. The molecule has 2 heterocycles. The molecule has 2 aromatic heterocycles. The lowest BCUT2D eigenvalue weighted by Crippen LogP contribution is -2.15. The molecule has 0 saturated carbocycles. The van der Waals surface area contributed by atoms with Gasteiger partial charge in [0.2, 0.25) is 0 Å². The third-order valence-electron chi connectivity index (χ3n) is 4.71. The fraction of sp³-hybridized carbons (Fsp3) is 0.600. The Morgan fingerprint density at radius 1 is 0.829 bits per heavy atom. The van der Waals surface area contributed by atoms with Crippen molar-refractivity contribution < 1.29 is 37.4 Å². The average molecular weight is 727 g/mol. The lowest BCUT2D eigenvalue weighted by Gasteiger charge is -2.21. The maximum atomic E-state index is 12.1. The molecule has 0 saturated heterocycles. The minimum Gasteiger partial charge on any atom is -0.403 e. The van der Waals surface area contributed by atoms with Crippen LogP contribution in [0.4, 0.5) is 11.8 Å². The van der Waals surface area contributed by atoms with Gasteiger partial charge in [-0.3, -0.25) is 33.9 Å². The molecule has 0 amide bonds. The van der Waals surface area contributed by atoms with Crippen LogP contribution in [0.3, 0.4) is 0 Å². The predicted octanol–water partition coefficient (Wildman–Crippen LogP) is 8.21. The number of hydrogen-bond donors (Lipinski definition) is 1. The Kier molecular flexibility index (Phi) is 20.5. The number of rotatable bonds is 16. The zero-order valence-electron chi connectivity index (χ0n) is 22.1. The second-order valence-electron chi connectivity index (χ2n) is 7.87. The molecular formula is C20H31Cl5N4O10P2. The molecule has 1 unspecified atom stereocenters. The molecule has 2 rings (SSSR count). The van der Waals surface area contributed by atoms with Crippen LogP contribution >= 0.6 is 69.8 Å². The van der Waals surface area contributed by atoms with Crippen molar-refractivity contribution in [3.05, 3.63) is 56.0 Å². The third kappa shape index (κ3) is 17.7. The molecule has 41 heavy (non-hydrogen) atoms. The van der Waals surface area contributed by atoms with Crippen LogP contribution in [0, 0.1) is 20.2 Å². The zero-order chi connectivity index (χ0) is 31.6. The second kappa shape index (κ2) is 20.9. The average Bonchev–Trinajstić information content (AvgIpc) is 3.58. The molecule has 1 atom stereocenters. The van der Waals surface area contributed by atoms with E-state index in [1.165, 1.54) is 33.6 Å². The predicted molar refractivity (Wildman–Crippen MR) is 159 cm³/mol. The summed E-state index contributed by atoms with van der Waals surface area (Å²) in [7, 11) is 3.21. The van der Waals surface area contributed by atoms with Gasteiger partial charge in [0.1, 0.15) is 34.6 Å². The summed E-state index contributed by atoms with van der Waals surface area (Å²) >= 11 is 27.6. The van der Waals surface area contributed by atoms with Crippen LogP contribution in [0.2, 0.25) is 0 Å². The topological polar surface area (TPSA) is 183 Å². The summed E-state index contributed by atoms with van der Waals surface area (Å²) in [5.41, 5.74) is 0. The summed E-state index contributed by atoms with van der Waals surface area (Å²) in [5.74, 6) is -2.28. The van der Waals surface area contributed by atoms with Gasteiger partial charge in [0.25, 0.3) is 0 Å². The van der Waals surface area contributed by atoms with E-state index in [2.05, 4.69) is 4.42 Å². The Balaban J connectivity index is 0.000000643. The number of nitro groups is 2. The lowest BCUT2D eigenvalue weighted by atomic mass is 10.3. The van der Waals surface area contributed by atoms with Crippen molar-refractivity contribution in [2.75, 3.05) is 38.9 Å². The number of nitrogens with zero attached hydrogens (tertiary/aromatic N) is 4. The Bertz CT molecular complexity index is 1150. The lowest BCUT2D eigenvalue weighted by molar-refractivity contribution is -0.402. The molecule has 21 heteroatoms. The first-order valence-corrected chi connectivity index (χ1v) is 18.7. The van der Waals surface area contributed by atoms with E-state index in [0.717, 1.165) is 25.7 Å². The molecule has 0 aliphatic heterocycles.